The summed E-state index contributed by atoms with van der Waals surface area (Å²) in [6.45, 7) is 5.26. The van der Waals surface area contributed by atoms with Crippen LogP contribution in [0.15, 0.2) is 12.3 Å². The first kappa shape index (κ1) is 12.8. The number of likely N-dealkylation sites (tertiary alicyclic amines) is 1. The van der Waals surface area contributed by atoms with Crippen molar-refractivity contribution in [3.63, 3.8) is 0 Å². The largest absolute Gasteiger partial charge is 0.477 e. The number of aromatic carboxylic acids is 1. The van der Waals surface area contributed by atoms with Crippen molar-refractivity contribution in [3.05, 3.63) is 18.0 Å². The Morgan fingerprint density at radius 2 is 2.28 bits per heavy atom. The number of nitrogens with zero attached hydrogens (tertiary/aromatic N) is 3. The van der Waals surface area contributed by atoms with E-state index in [1.165, 1.54) is 25.1 Å². The molecule has 1 aliphatic heterocycles. The Kier molecular flexibility index (Phi) is 4.09. The predicted octanol–water partition coefficient (Wildman–Crippen LogP) is 1.07. The van der Waals surface area contributed by atoms with Gasteiger partial charge in [0.2, 0.25) is 5.95 Å². The Morgan fingerprint density at radius 1 is 1.56 bits per heavy atom. The van der Waals surface area contributed by atoms with Gasteiger partial charge in [0.25, 0.3) is 0 Å². The van der Waals surface area contributed by atoms with Crippen molar-refractivity contribution < 1.29 is 9.90 Å². The monoisotopic (exact) mass is 250 g/mol. The molecule has 98 valence electrons. The fourth-order valence-electron chi connectivity index (χ4n) is 2.17. The Hall–Kier alpha value is -1.69. The van der Waals surface area contributed by atoms with Gasteiger partial charge in [-0.1, -0.05) is 0 Å². The van der Waals surface area contributed by atoms with E-state index in [1.54, 1.807) is 0 Å². The van der Waals surface area contributed by atoms with Gasteiger partial charge in [-0.2, -0.15) is 0 Å². The molecule has 2 heterocycles. The van der Waals surface area contributed by atoms with Crippen LogP contribution in [0.3, 0.4) is 0 Å². The maximum Gasteiger partial charge on any atom is 0.354 e. The molecule has 0 amide bonds. The van der Waals surface area contributed by atoms with Gasteiger partial charge in [-0.15, -0.1) is 0 Å². The lowest BCUT2D eigenvalue weighted by molar-refractivity contribution is 0.0690. The number of carbonyl (C=O) groups is 1. The summed E-state index contributed by atoms with van der Waals surface area (Å²) in [4.78, 5) is 21.2. The molecule has 1 unspecified atom stereocenters. The molecule has 0 spiro atoms. The number of aromatic nitrogens is 2. The minimum atomic E-state index is -1.03. The van der Waals surface area contributed by atoms with E-state index in [1.807, 2.05) is 0 Å². The van der Waals surface area contributed by atoms with Crippen LogP contribution < -0.4 is 5.32 Å². The van der Waals surface area contributed by atoms with Gasteiger partial charge >= 0.3 is 5.97 Å². The molecule has 0 radical (unpaired) electrons. The van der Waals surface area contributed by atoms with Crippen LogP contribution in [0.2, 0.25) is 0 Å². The fourth-order valence-corrected chi connectivity index (χ4v) is 2.17. The average Bonchev–Trinajstić information content (AvgIpc) is 2.82. The molecule has 1 fully saturated rings. The van der Waals surface area contributed by atoms with Crippen LogP contribution in [0.4, 0.5) is 5.95 Å². The molecular formula is C12H18N4O2. The lowest BCUT2D eigenvalue weighted by Gasteiger charge is -2.21. The van der Waals surface area contributed by atoms with Crippen LogP contribution in [-0.4, -0.2) is 51.6 Å². The Balaban J connectivity index is 1.91. The molecule has 2 N–H and O–H groups in total. The zero-order valence-electron chi connectivity index (χ0n) is 10.5. The molecule has 0 aromatic carbocycles. The van der Waals surface area contributed by atoms with Crippen molar-refractivity contribution >= 4 is 11.9 Å². The first-order valence-corrected chi connectivity index (χ1v) is 6.20. The molecule has 1 atom stereocenters. The lowest BCUT2D eigenvalue weighted by atomic mass is 10.3. The third-order valence-electron chi connectivity index (χ3n) is 2.98. The number of nitrogens with one attached hydrogen (secondary N) is 1. The van der Waals surface area contributed by atoms with Crippen molar-refractivity contribution in [1.82, 2.24) is 14.9 Å². The van der Waals surface area contributed by atoms with Crippen molar-refractivity contribution in [2.75, 3.05) is 25.0 Å². The second-order valence-electron chi connectivity index (χ2n) is 4.62. The highest BCUT2D eigenvalue weighted by molar-refractivity contribution is 5.85. The Labute approximate surface area is 106 Å². The maximum atomic E-state index is 10.8. The highest BCUT2D eigenvalue weighted by atomic mass is 16.4. The van der Waals surface area contributed by atoms with Gasteiger partial charge in [0.05, 0.1) is 0 Å². The van der Waals surface area contributed by atoms with E-state index in [9.17, 15) is 4.79 Å². The van der Waals surface area contributed by atoms with Gasteiger partial charge < -0.3 is 15.3 Å². The maximum absolute atomic E-state index is 10.8. The number of carboxylic acids is 1. The zero-order valence-corrected chi connectivity index (χ0v) is 10.5. The topological polar surface area (TPSA) is 78.4 Å². The van der Waals surface area contributed by atoms with E-state index >= 15 is 0 Å². The van der Waals surface area contributed by atoms with Crippen LogP contribution in [0.25, 0.3) is 0 Å². The third kappa shape index (κ3) is 3.40. The summed E-state index contributed by atoms with van der Waals surface area (Å²) in [5.41, 5.74) is 0.0147. The Bertz CT molecular complexity index is 418. The summed E-state index contributed by atoms with van der Waals surface area (Å²) in [6.07, 6.45) is 3.98. The van der Waals surface area contributed by atoms with E-state index in [4.69, 9.17) is 5.11 Å². The SMILES string of the molecule is CC(CN1CCCC1)Nc1nccc(C(=O)O)n1. The minimum Gasteiger partial charge on any atom is -0.477 e. The van der Waals surface area contributed by atoms with Crippen LogP contribution in [-0.2, 0) is 0 Å². The van der Waals surface area contributed by atoms with Crippen molar-refractivity contribution in [2.24, 2.45) is 0 Å². The second-order valence-corrected chi connectivity index (χ2v) is 4.62. The molecule has 2 rings (SSSR count). The summed E-state index contributed by atoms with van der Waals surface area (Å²) in [5, 5.41) is 12.0. The summed E-state index contributed by atoms with van der Waals surface area (Å²) in [6, 6.07) is 1.59. The van der Waals surface area contributed by atoms with Crippen molar-refractivity contribution in [3.8, 4) is 0 Å². The summed E-state index contributed by atoms with van der Waals surface area (Å²) in [5.74, 6) is -0.658. The molecular weight excluding hydrogens is 232 g/mol. The lowest BCUT2D eigenvalue weighted by Crippen LogP contribution is -2.33. The fraction of sp³-hybridized carbons (Fsp3) is 0.583. The normalized spacial score (nSPS) is 17.6. The number of carboxylic acid groups (broad SMARTS) is 1. The van der Waals surface area contributed by atoms with Gasteiger partial charge in [-0.3, -0.25) is 0 Å². The average molecular weight is 250 g/mol. The van der Waals surface area contributed by atoms with Gasteiger partial charge in [0.15, 0.2) is 5.69 Å². The first-order chi connectivity index (χ1) is 8.65. The van der Waals surface area contributed by atoms with Crippen LogP contribution in [0, 0.1) is 0 Å². The molecule has 6 nitrogen and oxygen atoms in total. The summed E-state index contributed by atoms with van der Waals surface area (Å²) < 4.78 is 0. The highest BCUT2D eigenvalue weighted by Gasteiger charge is 2.15. The van der Waals surface area contributed by atoms with Crippen molar-refractivity contribution in [2.45, 2.75) is 25.8 Å². The molecule has 1 aromatic rings. The number of hydrogen-bond donors (Lipinski definition) is 2. The standard InChI is InChI=1S/C12H18N4O2/c1-9(8-16-6-2-3-7-16)14-12-13-5-4-10(15-12)11(17)18/h4-5,9H,2-3,6-8H2,1H3,(H,17,18)(H,13,14,15). The van der Waals surface area contributed by atoms with E-state index in [-0.39, 0.29) is 11.7 Å². The van der Waals surface area contributed by atoms with Crippen LogP contribution in [0.1, 0.15) is 30.3 Å². The van der Waals surface area contributed by atoms with E-state index < -0.39 is 5.97 Å². The van der Waals surface area contributed by atoms with Gasteiger partial charge in [-0.25, -0.2) is 14.8 Å². The van der Waals surface area contributed by atoms with Crippen LogP contribution >= 0.6 is 0 Å². The smallest absolute Gasteiger partial charge is 0.354 e. The van der Waals surface area contributed by atoms with E-state index in [0.717, 1.165) is 19.6 Å². The quantitative estimate of drug-likeness (QED) is 0.814. The Morgan fingerprint density at radius 3 is 2.94 bits per heavy atom. The first-order valence-electron chi connectivity index (χ1n) is 6.20. The molecule has 1 aromatic heterocycles. The molecule has 1 saturated heterocycles. The molecule has 1 aliphatic rings. The number of rotatable bonds is 5. The van der Waals surface area contributed by atoms with Crippen molar-refractivity contribution in [1.29, 1.82) is 0 Å². The molecule has 0 aliphatic carbocycles. The second kappa shape index (κ2) is 5.77. The number of anilines is 1. The summed E-state index contributed by atoms with van der Waals surface area (Å²) >= 11 is 0. The minimum absolute atomic E-state index is 0.0147. The predicted molar refractivity (Wildman–Crippen MR) is 67.8 cm³/mol. The van der Waals surface area contributed by atoms with Gasteiger partial charge in [-0.05, 0) is 38.9 Å². The van der Waals surface area contributed by atoms with Gasteiger partial charge in [0.1, 0.15) is 0 Å². The van der Waals surface area contributed by atoms with E-state index in [0.29, 0.717) is 5.95 Å². The zero-order chi connectivity index (χ0) is 13.0. The molecule has 0 bridgehead atoms. The summed E-state index contributed by atoms with van der Waals surface area (Å²) in [7, 11) is 0. The molecule has 6 heteroatoms. The van der Waals surface area contributed by atoms with Gasteiger partial charge in [0, 0.05) is 18.8 Å². The third-order valence-corrected chi connectivity index (χ3v) is 2.98. The van der Waals surface area contributed by atoms with Crippen LogP contribution in [0.5, 0.6) is 0 Å². The molecule has 18 heavy (non-hydrogen) atoms. The molecule has 0 saturated carbocycles. The van der Waals surface area contributed by atoms with E-state index in [2.05, 4.69) is 27.1 Å². The number of hydrogen-bond acceptors (Lipinski definition) is 5. The highest BCUT2D eigenvalue weighted by Crippen LogP contribution is 2.09.